The van der Waals surface area contributed by atoms with Crippen LogP contribution in [-0.4, -0.2) is 24.6 Å². The number of amides is 1. The first-order valence-electron chi connectivity index (χ1n) is 9.33. The topological polar surface area (TPSA) is 64.6 Å². The van der Waals surface area contributed by atoms with Crippen LogP contribution in [0.5, 0.6) is 5.75 Å². The molecule has 0 saturated heterocycles. The molecule has 2 aromatic carbocycles. The van der Waals surface area contributed by atoms with Gasteiger partial charge in [-0.1, -0.05) is 24.9 Å². The molecule has 150 valence electrons. The summed E-state index contributed by atoms with van der Waals surface area (Å²) in [5.41, 5.74) is 2.82. The molecule has 6 heteroatoms. The number of carbonyl (C=O) groups excluding carboxylic acids is 2. The third kappa shape index (κ3) is 5.99. The largest absolute Gasteiger partial charge is 0.481 e. The average molecular weight is 404 g/mol. The zero-order chi connectivity index (χ0) is 20.7. The molecule has 1 amide bonds. The summed E-state index contributed by atoms with van der Waals surface area (Å²) in [5, 5.41) is 3.47. The van der Waals surface area contributed by atoms with Crippen LogP contribution in [-0.2, 0) is 9.53 Å². The summed E-state index contributed by atoms with van der Waals surface area (Å²) in [7, 11) is 0. The highest BCUT2D eigenvalue weighted by Gasteiger charge is 2.16. The number of aryl methyl sites for hydroxylation is 2. The Kier molecular flexibility index (Phi) is 7.88. The highest BCUT2D eigenvalue weighted by Crippen LogP contribution is 2.26. The second-order valence-electron chi connectivity index (χ2n) is 6.69. The third-order valence-electron chi connectivity index (χ3n) is 4.21. The first-order chi connectivity index (χ1) is 13.3. The van der Waals surface area contributed by atoms with Gasteiger partial charge in [-0.2, -0.15) is 0 Å². The van der Waals surface area contributed by atoms with Gasteiger partial charge in [-0.3, -0.25) is 4.79 Å². The van der Waals surface area contributed by atoms with Gasteiger partial charge in [0.05, 0.1) is 12.2 Å². The number of hydrogen-bond donors (Lipinski definition) is 1. The summed E-state index contributed by atoms with van der Waals surface area (Å²) >= 11 is 6.16. The molecule has 0 unspecified atom stereocenters. The number of anilines is 1. The molecule has 0 radical (unpaired) electrons. The summed E-state index contributed by atoms with van der Waals surface area (Å²) < 4.78 is 10.9. The monoisotopic (exact) mass is 403 g/mol. The van der Waals surface area contributed by atoms with E-state index in [1.165, 1.54) is 0 Å². The minimum Gasteiger partial charge on any atom is -0.481 e. The Morgan fingerprint density at radius 2 is 1.71 bits per heavy atom. The molecule has 0 heterocycles. The number of carbonyl (C=O) groups is 2. The smallest absolute Gasteiger partial charge is 0.338 e. The van der Waals surface area contributed by atoms with Gasteiger partial charge < -0.3 is 14.8 Å². The maximum atomic E-state index is 12.4. The second-order valence-corrected chi connectivity index (χ2v) is 7.07. The van der Waals surface area contributed by atoms with Gasteiger partial charge in [-0.25, -0.2) is 4.79 Å². The zero-order valence-corrected chi connectivity index (χ0v) is 17.4. The van der Waals surface area contributed by atoms with Gasteiger partial charge in [0, 0.05) is 10.7 Å². The molecule has 0 bridgehead atoms. The number of unbranched alkanes of at least 4 members (excludes halogenated alkanes) is 1. The van der Waals surface area contributed by atoms with Crippen molar-refractivity contribution in [3.8, 4) is 5.75 Å². The minimum absolute atomic E-state index is 0.288. The van der Waals surface area contributed by atoms with Crippen LogP contribution in [0, 0.1) is 13.8 Å². The fourth-order valence-corrected chi connectivity index (χ4v) is 2.67. The Morgan fingerprint density at radius 1 is 1.11 bits per heavy atom. The van der Waals surface area contributed by atoms with Crippen molar-refractivity contribution in [2.45, 2.75) is 46.6 Å². The molecule has 1 atom stereocenters. The van der Waals surface area contributed by atoms with Crippen molar-refractivity contribution in [3.05, 3.63) is 58.1 Å². The van der Waals surface area contributed by atoms with Crippen LogP contribution < -0.4 is 10.1 Å². The van der Waals surface area contributed by atoms with E-state index in [4.69, 9.17) is 21.1 Å². The summed E-state index contributed by atoms with van der Waals surface area (Å²) in [4.78, 5) is 24.3. The van der Waals surface area contributed by atoms with Gasteiger partial charge in [0.2, 0.25) is 0 Å². The number of halogens is 1. The van der Waals surface area contributed by atoms with Crippen LogP contribution in [0.15, 0.2) is 36.4 Å². The Morgan fingerprint density at radius 3 is 2.29 bits per heavy atom. The SMILES string of the molecule is CCCCOC(=O)c1ccc(NC(=O)[C@@H](C)Oc2cc(C)c(Cl)c(C)c2)cc1. The normalized spacial score (nSPS) is 11.6. The van der Waals surface area contributed by atoms with Gasteiger partial charge >= 0.3 is 5.97 Å². The Bertz CT molecular complexity index is 810. The standard InChI is InChI=1S/C22H26ClNO4/c1-5-6-11-27-22(26)17-7-9-18(10-8-17)24-21(25)16(4)28-19-12-14(2)20(23)15(3)13-19/h7-10,12-13,16H,5-6,11H2,1-4H3,(H,24,25)/t16-/m1/s1. The predicted molar refractivity (Wildman–Crippen MR) is 111 cm³/mol. The van der Waals surface area contributed by atoms with Crippen molar-refractivity contribution in [1.82, 2.24) is 0 Å². The van der Waals surface area contributed by atoms with Crippen LogP contribution in [0.3, 0.4) is 0 Å². The Labute approximate surface area is 171 Å². The number of ether oxygens (including phenoxy) is 2. The molecule has 28 heavy (non-hydrogen) atoms. The van der Waals surface area contributed by atoms with Crippen molar-refractivity contribution < 1.29 is 19.1 Å². The lowest BCUT2D eigenvalue weighted by Gasteiger charge is -2.16. The van der Waals surface area contributed by atoms with Gasteiger partial charge in [0.25, 0.3) is 5.91 Å². The van der Waals surface area contributed by atoms with E-state index in [2.05, 4.69) is 5.32 Å². The van der Waals surface area contributed by atoms with Crippen molar-refractivity contribution >= 4 is 29.2 Å². The van der Waals surface area contributed by atoms with E-state index in [-0.39, 0.29) is 11.9 Å². The molecule has 0 fully saturated rings. The van der Waals surface area contributed by atoms with E-state index in [1.54, 1.807) is 43.3 Å². The maximum absolute atomic E-state index is 12.4. The molecule has 0 aliphatic rings. The third-order valence-corrected chi connectivity index (χ3v) is 4.81. The first-order valence-corrected chi connectivity index (χ1v) is 9.71. The van der Waals surface area contributed by atoms with Crippen LogP contribution in [0.2, 0.25) is 5.02 Å². The van der Waals surface area contributed by atoms with Crippen molar-refractivity contribution in [2.24, 2.45) is 0 Å². The van der Waals surface area contributed by atoms with Crippen molar-refractivity contribution in [1.29, 1.82) is 0 Å². The van der Waals surface area contributed by atoms with Gasteiger partial charge in [-0.15, -0.1) is 0 Å². The fraction of sp³-hybridized carbons (Fsp3) is 0.364. The van der Waals surface area contributed by atoms with E-state index < -0.39 is 6.10 Å². The number of nitrogens with one attached hydrogen (secondary N) is 1. The van der Waals surface area contributed by atoms with E-state index in [1.807, 2.05) is 20.8 Å². The van der Waals surface area contributed by atoms with Crippen LogP contribution in [0.25, 0.3) is 0 Å². The summed E-state index contributed by atoms with van der Waals surface area (Å²) in [6.07, 6.45) is 1.11. The zero-order valence-electron chi connectivity index (χ0n) is 16.7. The van der Waals surface area contributed by atoms with Gasteiger partial charge in [0.15, 0.2) is 6.10 Å². The highest BCUT2D eigenvalue weighted by atomic mass is 35.5. The quantitative estimate of drug-likeness (QED) is 0.478. The summed E-state index contributed by atoms with van der Waals surface area (Å²) in [6, 6.07) is 10.2. The predicted octanol–water partition coefficient (Wildman–Crippen LogP) is 5.32. The first kappa shape index (κ1) is 21.8. The fourth-order valence-electron chi connectivity index (χ4n) is 2.56. The number of esters is 1. The highest BCUT2D eigenvalue weighted by molar-refractivity contribution is 6.32. The van der Waals surface area contributed by atoms with E-state index >= 15 is 0 Å². The maximum Gasteiger partial charge on any atom is 0.338 e. The van der Waals surface area contributed by atoms with Crippen LogP contribution in [0.4, 0.5) is 5.69 Å². The Hall–Kier alpha value is -2.53. The molecule has 2 rings (SSSR count). The van der Waals surface area contributed by atoms with Gasteiger partial charge in [-0.05, 0) is 74.7 Å². The van der Waals surface area contributed by atoms with Crippen molar-refractivity contribution in [2.75, 3.05) is 11.9 Å². The number of rotatable bonds is 8. The molecular formula is C22H26ClNO4. The second kappa shape index (κ2) is 10.1. The lowest BCUT2D eigenvalue weighted by molar-refractivity contribution is -0.122. The average Bonchev–Trinajstić information content (AvgIpc) is 2.66. The molecule has 5 nitrogen and oxygen atoms in total. The van der Waals surface area contributed by atoms with E-state index in [0.29, 0.717) is 28.6 Å². The Balaban J connectivity index is 1.94. The molecular weight excluding hydrogens is 378 g/mol. The molecule has 0 aromatic heterocycles. The van der Waals surface area contributed by atoms with E-state index in [9.17, 15) is 9.59 Å². The molecule has 0 aliphatic heterocycles. The minimum atomic E-state index is -0.696. The molecule has 1 N–H and O–H groups in total. The van der Waals surface area contributed by atoms with Crippen LogP contribution >= 0.6 is 11.6 Å². The van der Waals surface area contributed by atoms with Crippen LogP contribution in [0.1, 0.15) is 48.2 Å². The summed E-state index contributed by atoms with van der Waals surface area (Å²) in [5.74, 6) is -0.0627. The molecule has 2 aromatic rings. The molecule has 0 spiro atoms. The lowest BCUT2D eigenvalue weighted by atomic mass is 10.1. The number of benzene rings is 2. The molecule has 0 saturated carbocycles. The van der Waals surface area contributed by atoms with E-state index in [0.717, 1.165) is 24.0 Å². The summed E-state index contributed by atoms with van der Waals surface area (Å²) in [6.45, 7) is 7.90. The number of hydrogen-bond acceptors (Lipinski definition) is 4. The molecule has 0 aliphatic carbocycles. The van der Waals surface area contributed by atoms with Crippen molar-refractivity contribution in [3.63, 3.8) is 0 Å². The van der Waals surface area contributed by atoms with Gasteiger partial charge in [0.1, 0.15) is 5.75 Å². The lowest BCUT2D eigenvalue weighted by Crippen LogP contribution is -2.30.